The summed E-state index contributed by atoms with van der Waals surface area (Å²) >= 11 is 0. The molecule has 10 rings (SSSR count). The molecule has 3 nitrogen and oxygen atoms in total. The minimum atomic E-state index is -0.292. The highest BCUT2D eigenvalue weighted by molar-refractivity contribution is 6.84. The lowest BCUT2D eigenvalue weighted by atomic mass is 9.44. The fraction of sp³-hybridized carbons (Fsp3) is 0.260. The van der Waals surface area contributed by atoms with Crippen LogP contribution in [0.5, 0.6) is 0 Å². The predicted octanol–water partition coefficient (Wildman–Crippen LogP) is 11.6. The number of hydrogen-bond acceptors (Lipinski definition) is 2. The Labute approximate surface area is 324 Å². The number of nitrogens with zero attached hydrogens (tertiary/aromatic N) is 2. The zero-order valence-corrected chi connectivity index (χ0v) is 33.1. The lowest BCUT2D eigenvalue weighted by molar-refractivity contribution is -0.495. The van der Waals surface area contributed by atoms with Gasteiger partial charge in [0.1, 0.15) is 11.4 Å². The first-order valence-electron chi connectivity index (χ1n) is 19.8. The van der Waals surface area contributed by atoms with E-state index in [0.717, 1.165) is 40.9 Å². The van der Waals surface area contributed by atoms with Gasteiger partial charge in [-0.05, 0) is 118 Å². The third-order valence-corrected chi connectivity index (χ3v) is 12.9. The first kappa shape index (κ1) is 34.1. The van der Waals surface area contributed by atoms with Gasteiger partial charge in [-0.2, -0.15) is 0 Å². The number of oxazole rings is 1. The zero-order valence-electron chi connectivity index (χ0n) is 33.1. The lowest BCUT2D eigenvalue weighted by Gasteiger charge is -2.44. The van der Waals surface area contributed by atoms with E-state index < -0.39 is 0 Å². The standard InChI is InChI=1S/C50H47BFN2O/c1-30-25-36-33-18-14-20-44-46(33)54(47(55-44)34-17-12-13-19-40(34)52)51-39-28-37-38(50(7,8)24-23-49(37,5)6)29-42(39)53(43(26-30)45(36)51)41-22-21-32(48(2,3)4)27-35(41)31-15-10-9-11-16-31/h9-22,25-29H,23-24H2,1-8H3/q+1. The molecule has 2 aliphatic heterocycles. The van der Waals surface area contributed by atoms with E-state index in [0.29, 0.717) is 11.5 Å². The average Bonchev–Trinajstić information content (AvgIpc) is 3.54. The van der Waals surface area contributed by atoms with Gasteiger partial charge in [-0.25, -0.2) is 8.87 Å². The molecule has 7 aromatic rings. The predicted molar refractivity (Wildman–Crippen MR) is 227 cm³/mol. The molecule has 0 amide bonds. The summed E-state index contributed by atoms with van der Waals surface area (Å²) in [6.45, 7) is 18.5. The fourth-order valence-electron chi connectivity index (χ4n) is 9.76. The summed E-state index contributed by atoms with van der Waals surface area (Å²) in [5, 5.41) is 0. The number of anilines is 3. The molecule has 0 bridgehead atoms. The number of aromatic nitrogens is 1. The van der Waals surface area contributed by atoms with Crippen LogP contribution >= 0.6 is 0 Å². The third-order valence-electron chi connectivity index (χ3n) is 12.9. The molecular formula is C50H47BFN2O+. The van der Waals surface area contributed by atoms with Crippen molar-refractivity contribution in [2.24, 2.45) is 0 Å². The molecule has 55 heavy (non-hydrogen) atoms. The Morgan fingerprint density at radius 1 is 0.673 bits per heavy atom. The Kier molecular flexibility index (Phi) is 7.16. The molecule has 0 radical (unpaired) electrons. The lowest BCUT2D eigenvalue weighted by Crippen LogP contribution is -2.71. The van der Waals surface area contributed by atoms with E-state index in [9.17, 15) is 0 Å². The Hall–Kier alpha value is -5.42. The van der Waals surface area contributed by atoms with Crippen LogP contribution in [0.2, 0.25) is 0 Å². The Morgan fingerprint density at radius 2 is 1.36 bits per heavy atom. The van der Waals surface area contributed by atoms with Crippen LogP contribution in [0.3, 0.4) is 0 Å². The third kappa shape index (κ3) is 4.97. The van der Waals surface area contributed by atoms with Crippen molar-refractivity contribution in [2.75, 3.05) is 4.90 Å². The molecule has 3 heterocycles. The fourth-order valence-corrected chi connectivity index (χ4v) is 9.76. The SMILES string of the molecule is Cc1cc2c3c(c1)N(c1ccc(C(C)(C)C)cc1-c1ccccc1)c1cc4c(cc1B3[n+]1c(-c3ccccc3F)oc3cccc-2c31)C(C)(C)CCC4(C)C. The number of rotatable bonds is 3. The summed E-state index contributed by atoms with van der Waals surface area (Å²) < 4.78 is 25.0. The largest absolute Gasteiger partial charge is 0.567 e. The number of benzene rings is 6. The molecule has 0 N–H and O–H groups in total. The highest BCUT2D eigenvalue weighted by Gasteiger charge is 2.54. The summed E-state index contributed by atoms with van der Waals surface area (Å²) in [4.78, 5) is 2.55. The maximum atomic E-state index is 15.9. The first-order valence-corrected chi connectivity index (χ1v) is 19.8. The number of aryl methyl sites for hydroxylation is 1. The summed E-state index contributed by atoms with van der Waals surface area (Å²) in [6, 6.07) is 41.0. The van der Waals surface area contributed by atoms with E-state index >= 15 is 4.39 Å². The summed E-state index contributed by atoms with van der Waals surface area (Å²) in [6.07, 6.45) is 2.23. The molecular weight excluding hydrogens is 674 g/mol. The highest BCUT2D eigenvalue weighted by atomic mass is 19.1. The van der Waals surface area contributed by atoms with Gasteiger partial charge in [0, 0.05) is 27.9 Å². The van der Waals surface area contributed by atoms with Crippen molar-refractivity contribution >= 4 is 45.9 Å². The van der Waals surface area contributed by atoms with Crippen LogP contribution in [0.4, 0.5) is 21.5 Å². The second-order valence-corrected chi connectivity index (χ2v) is 18.5. The quantitative estimate of drug-likeness (QED) is 0.169. The van der Waals surface area contributed by atoms with E-state index in [2.05, 4.69) is 150 Å². The topological polar surface area (TPSA) is 20.3 Å². The molecule has 5 heteroatoms. The molecule has 0 unspecified atom stereocenters. The van der Waals surface area contributed by atoms with Crippen LogP contribution in [0.15, 0.2) is 120 Å². The van der Waals surface area contributed by atoms with Crippen LogP contribution in [0.1, 0.15) is 83.6 Å². The van der Waals surface area contributed by atoms with Crippen molar-refractivity contribution in [1.82, 2.24) is 0 Å². The van der Waals surface area contributed by atoms with Crippen molar-refractivity contribution in [1.29, 1.82) is 0 Å². The van der Waals surface area contributed by atoms with Crippen LogP contribution in [0, 0.1) is 12.7 Å². The molecule has 0 atom stereocenters. The molecule has 0 saturated heterocycles. The van der Waals surface area contributed by atoms with Crippen LogP contribution in [0.25, 0.3) is 44.8 Å². The maximum Gasteiger partial charge on any atom is 0.567 e. The Morgan fingerprint density at radius 3 is 2.09 bits per heavy atom. The average molecular weight is 722 g/mol. The molecule has 3 aliphatic rings. The molecule has 6 aromatic carbocycles. The minimum absolute atomic E-state index is 0.00447. The summed E-state index contributed by atoms with van der Waals surface area (Å²) in [5.41, 5.74) is 18.1. The Bertz CT molecular complexity index is 2730. The molecule has 272 valence electrons. The van der Waals surface area contributed by atoms with Gasteiger partial charge in [0.05, 0.1) is 11.3 Å². The van der Waals surface area contributed by atoms with Crippen LogP contribution < -0.4 is 20.3 Å². The van der Waals surface area contributed by atoms with E-state index in [1.54, 1.807) is 6.07 Å². The van der Waals surface area contributed by atoms with Gasteiger partial charge in [0.2, 0.25) is 11.1 Å². The molecule has 0 spiro atoms. The van der Waals surface area contributed by atoms with Gasteiger partial charge < -0.3 is 9.32 Å². The van der Waals surface area contributed by atoms with E-state index in [-0.39, 0.29) is 28.9 Å². The summed E-state index contributed by atoms with van der Waals surface area (Å²) in [5.74, 6) is 0.248. The molecule has 0 saturated carbocycles. The summed E-state index contributed by atoms with van der Waals surface area (Å²) in [7, 11) is 0. The number of fused-ring (bicyclic) bond motifs is 5. The maximum absolute atomic E-state index is 15.9. The van der Waals surface area contributed by atoms with Crippen LogP contribution in [-0.2, 0) is 16.2 Å². The monoisotopic (exact) mass is 721 g/mol. The zero-order chi connectivity index (χ0) is 38.2. The van der Waals surface area contributed by atoms with Crippen LogP contribution in [-0.4, -0.2) is 6.85 Å². The smallest absolute Gasteiger partial charge is 0.399 e. The highest BCUT2D eigenvalue weighted by Crippen LogP contribution is 2.51. The van der Waals surface area contributed by atoms with E-state index in [4.69, 9.17) is 4.42 Å². The normalized spacial score (nSPS) is 16.2. The van der Waals surface area contributed by atoms with Gasteiger partial charge in [-0.1, -0.05) is 115 Å². The molecule has 1 aromatic heterocycles. The van der Waals surface area contributed by atoms with Crippen molar-refractivity contribution < 1.29 is 13.3 Å². The van der Waals surface area contributed by atoms with E-state index in [1.807, 2.05) is 18.2 Å². The van der Waals surface area contributed by atoms with Gasteiger partial charge in [0.15, 0.2) is 0 Å². The van der Waals surface area contributed by atoms with Gasteiger partial charge >= 0.3 is 12.7 Å². The second kappa shape index (κ2) is 11.6. The Balaban J connectivity index is 1.37. The van der Waals surface area contributed by atoms with Crippen molar-refractivity contribution in [3.63, 3.8) is 0 Å². The molecule has 1 aliphatic carbocycles. The number of para-hydroxylation sites is 1. The van der Waals surface area contributed by atoms with Crippen molar-refractivity contribution in [3.8, 4) is 33.7 Å². The molecule has 0 fully saturated rings. The minimum Gasteiger partial charge on any atom is -0.399 e. The number of hydrogen-bond donors (Lipinski definition) is 0. The van der Waals surface area contributed by atoms with E-state index in [1.165, 1.54) is 61.6 Å². The van der Waals surface area contributed by atoms with Gasteiger partial charge in [-0.3, -0.25) is 0 Å². The van der Waals surface area contributed by atoms with Gasteiger partial charge in [-0.15, -0.1) is 0 Å². The van der Waals surface area contributed by atoms with Crippen molar-refractivity contribution in [3.05, 3.63) is 143 Å². The second-order valence-electron chi connectivity index (χ2n) is 18.5. The number of halogens is 1. The van der Waals surface area contributed by atoms with Crippen molar-refractivity contribution in [2.45, 2.75) is 84.5 Å². The van der Waals surface area contributed by atoms with Gasteiger partial charge in [0.25, 0.3) is 0 Å². The first-order chi connectivity index (χ1) is 26.2.